The Labute approximate surface area is 193 Å². The molecule has 0 spiro atoms. The van der Waals surface area contributed by atoms with Crippen LogP contribution >= 0.6 is 47.3 Å². The number of amides is 1. The Morgan fingerprint density at radius 1 is 1.07 bits per heavy atom. The number of nitrogens with zero attached hydrogens (tertiary/aromatic N) is 2. The van der Waals surface area contributed by atoms with Gasteiger partial charge in [0.1, 0.15) is 0 Å². The van der Waals surface area contributed by atoms with Crippen LogP contribution in [0.1, 0.15) is 5.56 Å². The molecule has 2 N–H and O–H groups in total. The van der Waals surface area contributed by atoms with E-state index in [1.807, 2.05) is 54.6 Å². The van der Waals surface area contributed by atoms with E-state index in [-0.39, 0.29) is 36.4 Å². The Balaban J connectivity index is 0.00000392. The maximum absolute atomic E-state index is 11.8. The molecule has 2 aromatic rings. The Kier molecular flexibility index (Phi) is 12.0. The van der Waals surface area contributed by atoms with Gasteiger partial charge in [-0.3, -0.25) is 4.79 Å². The highest BCUT2D eigenvalue weighted by molar-refractivity contribution is 14.0. The average molecular weight is 533 g/mol. The number of carbonyl (C=O) groups is 1. The van der Waals surface area contributed by atoms with Crippen LogP contribution in [0.25, 0.3) is 0 Å². The Bertz CT molecular complexity index is 742. The molecule has 5 nitrogen and oxygen atoms in total. The van der Waals surface area contributed by atoms with E-state index in [1.54, 1.807) is 30.8 Å². The fourth-order valence-corrected chi connectivity index (χ4v) is 3.01. The first-order chi connectivity index (χ1) is 13.0. The first-order valence-electron chi connectivity index (χ1n) is 8.69. The lowest BCUT2D eigenvalue weighted by molar-refractivity contribution is -0.127. The standard InChI is InChI=1S/C20H25ClN4OS.HI/c1-25(2)19(26)15-24-20(23-14-16-6-4-3-5-7-16)22-12-13-27-18-10-8-17(21)9-11-18;/h3-11H,12-15H2,1-2H3,(H2,22,23,24);1H. The molecule has 0 fully saturated rings. The topological polar surface area (TPSA) is 56.7 Å². The van der Waals surface area contributed by atoms with Gasteiger partial charge in [0.2, 0.25) is 5.91 Å². The van der Waals surface area contributed by atoms with Crippen molar-refractivity contribution in [1.82, 2.24) is 15.5 Å². The van der Waals surface area contributed by atoms with Crippen molar-refractivity contribution in [2.45, 2.75) is 11.4 Å². The molecule has 0 atom stereocenters. The molecule has 0 saturated heterocycles. The predicted octanol–water partition coefficient (Wildman–Crippen LogP) is 3.87. The average Bonchev–Trinajstić information content (AvgIpc) is 2.68. The molecular weight excluding hydrogens is 507 g/mol. The van der Waals surface area contributed by atoms with Crippen molar-refractivity contribution in [2.75, 3.05) is 32.9 Å². The van der Waals surface area contributed by atoms with Crippen molar-refractivity contribution >= 4 is 59.2 Å². The molecule has 0 radical (unpaired) electrons. The van der Waals surface area contributed by atoms with E-state index in [4.69, 9.17) is 11.6 Å². The van der Waals surface area contributed by atoms with Crippen molar-refractivity contribution in [3.05, 3.63) is 65.2 Å². The molecule has 0 aromatic heterocycles. The van der Waals surface area contributed by atoms with Crippen LogP contribution in [-0.2, 0) is 11.3 Å². The Morgan fingerprint density at radius 3 is 2.39 bits per heavy atom. The quantitative estimate of drug-likeness (QED) is 0.178. The van der Waals surface area contributed by atoms with Gasteiger partial charge in [-0.1, -0.05) is 41.9 Å². The van der Waals surface area contributed by atoms with Gasteiger partial charge >= 0.3 is 0 Å². The summed E-state index contributed by atoms with van der Waals surface area (Å²) in [4.78, 5) is 19.1. The zero-order chi connectivity index (χ0) is 19.5. The molecule has 0 saturated carbocycles. The van der Waals surface area contributed by atoms with Crippen LogP contribution in [0.15, 0.2) is 64.5 Å². The summed E-state index contributed by atoms with van der Waals surface area (Å²) >= 11 is 7.64. The minimum absolute atomic E-state index is 0. The largest absolute Gasteiger partial charge is 0.356 e. The number of rotatable bonds is 8. The highest BCUT2D eigenvalue weighted by Crippen LogP contribution is 2.19. The Morgan fingerprint density at radius 2 is 1.75 bits per heavy atom. The second-order valence-electron chi connectivity index (χ2n) is 6.02. The number of guanidine groups is 1. The number of hydrogen-bond donors (Lipinski definition) is 2. The number of nitrogens with one attached hydrogen (secondary N) is 2. The maximum Gasteiger partial charge on any atom is 0.241 e. The van der Waals surface area contributed by atoms with Gasteiger partial charge in [-0.05, 0) is 29.8 Å². The molecule has 1 amide bonds. The lowest BCUT2D eigenvalue weighted by Gasteiger charge is -2.15. The molecule has 8 heteroatoms. The molecule has 0 aliphatic heterocycles. The van der Waals surface area contributed by atoms with E-state index in [0.717, 1.165) is 22.9 Å². The maximum atomic E-state index is 11.8. The van der Waals surface area contributed by atoms with E-state index < -0.39 is 0 Å². The molecular formula is C20H26ClIN4OS. The SMILES string of the molecule is CN(C)C(=O)CNC(=NCc1ccccc1)NCCSc1ccc(Cl)cc1.I. The minimum atomic E-state index is -0.000231. The van der Waals surface area contributed by atoms with Crippen LogP contribution in [0.3, 0.4) is 0 Å². The van der Waals surface area contributed by atoms with Crippen LogP contribution in [0, 0.1) is 0 Å². The summed E-state index contributed by atoms with van der Waals surface area (Å²) in [5.74, 6) is 1.50. The van der Waals surface area contributed by atoms with Crippen molar-refractivity contribution in [1.29, 1.82) is 0 Å². The lowest BCUT2D eigenvalue weighted by Crippen LogP contribution is -2.43. The van der Waals surface area contributed by atoms with Gasteiger partial charge in [0.25, 0.3) is 0 Å². The number of benzene rings is 2. The first kappa shape index (κ1) is 24.6. The molecule has 152 valence electrons. The molecule has 28 heavy (non-hydrogen) atoms. The summed E-state index contributed by atoms with van der Waals surface area (Å²) in [6.45, 7) is 1.48. The number of thioether (sulfide) groups is 1. The second kappa shape index (κ2) is 13.7. The van der Waals surface area contributed by atoms with Crippen LogP contribution < -0.4 is 10.6 Å². The molecule has 0 aliphatic carbocycles. The van der Waals surface area contributed by atoms with E-state index in [1.165, 1.54) is 4.90 Å². The van der Waals surface area contributed by atoms with E-state index in [9.17, 15) is 4.79 Å². The van der Waals surface area contributed by atoms with Crippen LogP contribution in [0.4, 0.5) is 0 Å². The van der Waals surface area contributed by atoms with Crippen LogP contribution in [0.5, 0.6) is 0 Å². The minimum Gasteiger partial charge on any atom is -0.356 e. The second-order valence-corrected chi connectivity index (χ2v) is 7.63. The first-order valence-corrected chi connectivity index (χ1v) is 10.1. The lowest BCUT2D eigenvalue weighted by atomic mass is 10.2. The molecule has 0 unspecified atom stereocenters. The summed E-state index contributed by atoms with van der Waals surface area (Å²) in [7, 11) is 3.47. The summed E-state index contributed by atoms with van der Waals surface area (Å²) in [6.07, 6.45) is 0. The summed E-state index contributed by atoms with van der Waals surface area (Å²) < 4.78 is 0. The van der Waals surface area contributed by atoms with E-state index >= 15 is 0 Å². The number of aliphatic imine (C=N–C) groups is 1. The highest BCUT2D eigenvalue weighted by atomic mass is 127. The van der Waals surface area contributed by atoms with E-state index in [0.29, 0.717) is 12.5 Å². The van der Waals surface area contributed by atoms with Gasteiger partial charge in [0, 0.05) is 36.3 Å². The van der Waals surface area contributed by atoms with Gasteiger partial charge in [0.15, 0.2) is 5.96 Å². The number of carbonyl (C=O) groups excluding carboxylic acids is 1. The highest BCUT2D eigenvalue weighted by Gasteiger charge is 2.06. The predicted molar refractivity (Wildman–Crippen MR) is 130 cm³/mol. The zero-order valence-electron chi connectivity index (χ0n) is 16.0. The van der Waals surface area contributed by atoms with E-state index in [2.05, 4.69) is 15.6 Å². The van der Waals surface area contributed by atoms with Gasteiger partial charge in [-0.15, -0.1) is 35.7 Å². The van der Waals surface area contributed by atoms with Crippen molar-refractivity contribution in [2.24, 2.45) is 4.99 Å². The molecule has 0 heterocycles. The van der Waals surface area contributed by atoms with Gasteiger partial charge < -0.3 is 15.5 Å². The normalized spacial score (nSPS) is 10.8. The van der Waals surface area contributed by atoms with Crippen LogP contribution in [-0.4, -0.2) is 49.7 Å². The van der Waals surface area contributed by atoms with Crippen molar-refractivity contribution in [3.8, 4) is 0 Å². The third-order valence-corrected chi connectivity index (χ3v) is 4.91. The van der Waals surface area contributed by atoms with Gasteiger partial charge in [-0.25, -0.2) is 4.99 Å². The summed E-state index contributed by atoms with van der Waals surface area (Å²) in [5, 5.41) is 7.12. The molecule has 0 aliphatic rings. The fourth-order valence-electron chi connectivity index (χ4n) is 2.11. The van der Waals surface area contributed by atoms with Gasteiger partial charge in [0.05, 0.1) is 13.1 Å². The van der Waals surface area contributed by atoms with Crippen molar-refractivity contribution in [3.63, 3.8) is 0 Å². The van der Waals surface area contributed by atoms with Gasteiger partial charge in [-0.2, -0.15) is 0 Å². The fraction of sp³-hybridized carbons (Fsp3) is 0.300. The third kappa shape index (κ3) is 9.66. The molecule has 2 aromatic carbocycles. The molecule has 0 bridgehead atoms. The third-order valence-electron chi connectivity index (χ3n) is 3.65. The van der Waals surface area contributed by atoms with Crippen LogP contribution in [0.2, 0.25) is 5.02 Å². The number of hydrogen-bond acceptors (Lipinski definition) is 3. The Hall–Kier alpha value is -1.45. The molecule has 2 rings (SSSR count). The summed E-state index contributed by atoms with van der Waals surface area (Å²) in [5.41, 5.74) is 1.12. The summed E-state index contributed by atoms with van der Waals surface area (Å²) in [6, 6.07) is 17.8. The number of likely N-dealkylation sites (N-methyl/N-ethyl adjacent to an activating group) is 1. The monoisotopic (exact) mass is 532 g/mol. The van der Waals surface area contributed by atoms with Crippen molar-refractivity contribution < 1.29 is 4.79 Å². The smallest absolute Gasteiger partial charge is 0.241 e. The number of halogens is 2. The zero-order valence-corrected chi connectivity index (χ0v) is 19.9.